The molecule has 1 heterocycles. The fraction of sp³-hybridized carbons (Fsp3) is 0.591. The number of ether oxygens (including phenoxy) is 1. The summed E-state index contributed by atoms with van der Waals surface area (Å²) >= 11 is 0. The first kappa shape index (κ1) is 28.8. The van der Waals surface area contributed by atoms with Gasteiger partial charge >= 0.3 is 0 Å². The second-order valence-corrected chi connectivity index (χ2v) is 5.08. The van der Waals surface area contributed by atoms with Crippen molar-refractivity contribution in [2.45, 2.75) is 53.9 Å². The summed E-state index contributed by atoms with van der Waals surface area (Å²) in [6.45, 7) is 11.5. The normalized spacial score (nSPS) is 12.3. The van der Waals surface area contributed by atoms with E-state index >= 15 is 0 Å². The second-order valence-electron chi connectivity index (χ2n) is 5.08. The molecule has 1 saturated heterocycles. The lowest BCUT2D eigenvalue weighted by Crippen LogP contribution is -2.32. The average molecular weight is 368 g/mol. The Morgan fingerprint density at radius 2 is 1.58 bits per heavy atom. The fourth-order valence-electron chi connectivity index (χ4n) is 2.18. The third kappa shape index (κ3) is 15.5. The summed E-state index contributed by atoms with van der Waals surface area (Å²) in [6, 6.07) is 7.96. The van der Waals surface area contributed by atoms with Crippen LogP contribution in [0.5, 0.6) is 5.75 Å². The summed E-state index contributed by atoms with van der Waals surface area (Å²) in [6.07, 6.45) is 11.5. The van der Waals surface area contributed by atoms with Gasteiger partial charge in [-0.15, -0.1) is 12.8 Å². The molecule has 0 radical (unpaired) electrons. The van der Waals surface area contributed by atoms with Crippen molar-refractivity contribution in [1.82, 2.24) is 4.90 Å². The average Bonchev–Trinajstić information content (AvgIpc) is 2.74. The van der Waals surface area contributed by atoms with Crippen LogP contribution in [0.15, 0.2) is 24.3 Å². The molecular formula is C22H38FNO2. The Morgan fingerprint density at radius 1 is 1.12 bits per heavy atom. The number of amides is 1. The topological polar surface area (TPSA) is 29.5 Å². The van der Waals surface area contributed by atoms with Gasteiger partial charge in [0.15, 0.2) is 0 Å². The quantitative estimate of drug-likeness (QED) is 0.518. The number of aryl methyl sites for hydroxylation is 1. The molecule has 1 aliphatic rings. The van der Waals surface area contributed by atoms with E-state index in [0.29, 0.717) is 12.3 Å². The van der Waals surface area contributed by atoms with E-state index in [1.54, 1.807) is 12.0 Å². The third-order valence-electron chi connectivity index (χ3n) is 3.57. The van der Waals surface area contributed by atoms with Crippen LogP contribution in [0.3, 0.4) is 0 Å². The van der Waals surface area contributed by atoms with Crippen LogP contribution in [0.4, 0.5) is 4.39 Å². The molecule has 26 heavy (non-hydrogen) atoms. The highest BCUT2D eigenvalue weighted by Gasteiger charge is 2.16. The SMILES string of the molecule is C#C.CC.CC.COc1ccc(C)cc1.O=CN1CCC(CCF)CC1. The van der Waals surface area contributed by atoms with Crippen molar-refractivity contribution in [2.24, 2.45) is 5.92 Å². The number of halogens is 1. The van der Waals surface area contributed by atoms with Crippen molar-refractivity contribution < 1.29 is 13.9 Å². The predicted molar refractivity (Wildman–Crippen MR) is 111 cm³/mol. The number of methoxy groups -OCH3 is 1. The smallest absolute Gasteiger partial charge is 0.209 e. The molecule has 4 heteroatoms. The Hall–Kier alpha value is -2.02. The molecule has 2 rings (SSSR count). The van der Waals surface area contributed by atoms with Gasteiger partial charge in [-0.25, -0.2) is 0 Å². The van der Waals surface area contributed by atoms with Gasteiger partial charge in [0.2, 0.25) is 6.41 Å². The number of benzene rings is 1. The van der Waals surface area contributed by atoms with E-state index in [4.69, 9.17) is 4.74 Å². The van der Waals surface area contributed by atoms with Crippen molar-refractivity contribution in [1.29, 1.82) is 0 Å². The zero-order valence-corrected chi connectivity index (χ0v) is 17.5. The van der Waals surface area contributed by atoms with E-state index < -0.39 is 0 Å². The van der Waals surface area contributed by atoms with Gasteiger partial charge in [-0.3, -0.25) is 9.18 Å². The Kier molecular flexibility index (Phi) is 25.4. The van der Waals surface area contributed by atoms with Crippen molar-refractivity contribution in [2.75, 3.05) is 26.9 Å². The molecule has 1 aliphatic heterocycles. The first-order valence-corrected chi connectivity index (χ1v) is 9.39. The summed E-state index contributed by atoms with van der Waals surface area (Å²) in [5, 5.41) is 0. The predicted octanol–water partition coefficient (Wildman–Crippen LogP) is 5.52. The molecule has 0 aromatic heterocycles. The number of hydrogen-bond acceptors (Lipinski definition) is 2. The molecule has 1 aromatic carbocycles. The molecule has 0 saturated carbocycles. The Morgan fingerprint density at radius 3 is 1.92 bits per heavy atom. The summed E-state index contributed by atoms with van der Waals surface area (Å²) in [7, 11) is 1.67. The molecule has 0 unspecified atom stereocenters. The molecular weight excluding hydrogens is 329 g/mol. The number of piperidine rings is 1. The standard InChI is InChI=1S/C8H14FNO.C8H10O.2C2H6.C2H2/c9-4-1-8-2-5-10(7-11)6-3-8;1-7-3-5-8(9-2)6-4-7;3*1-2/h7-8H,1-6H2;3-6H,1-2H3;2*1-2H3;1-2H. The van der Waals surface area contributed by atoms with Crippen molar-refractivity contribution >= 4 is 6.41 Å². The molecule has 3 nitrogen and oxygen atoms in total. The van der Waals surface area contributed by atoms with E-state index in [1.807, 2.05) is 52.0 Å². The van der Waals surface area contributed by atoms with Crippen LogP contribution in [0, 0.1) is 25.7 Å². The van der Waals surface area contributed by atoms with Gasteiger partial charge in [0.25, 0.3) is 0 Å². The molecule has 1 aromatic rings. The number of alkyl halides is 1. The molecule has 0 atom stereocenters. The van der Waals surface area contributed by atoms with Gasteiger partial charge in [-0.1, -0.05) is 45.4 Å². The van der Waals surface area contributed by atoms with Gasteiger partial charge in [-0.05, 0) is 44.2 Å². The molecule has 0 N–H and O–H groups in total. The van der Waals surface area contributed by atoms with Crippen LogP contribution in [-0.4, -0.2) is 38.2 Å². The van der Waals surface area contributed by atoms with E-state index in [1.165, 1.54) is 5.56 Å². The summed E-state index contributed by atoms with van der Waals surface area (Å²) in [5.41, 5.74) is 1.26. The van der Waals surface area contributed by atoms with Crippen molar-refractivity contribution in [3.63, 3.8) is 0 Å². The number of likely N-dealkylation sites (tertiary alicyclic amines) is 1. The van der Waals surface area contributed by atoms with Gasteiger partial charge in [0, 0.05) is 13.1 Å². The minimum absolute atomic E-state index is 0.217. The van der Waals surface area contributed by atoms with Gasteiger partial charge in [-0.2, -0.15) is 0 Å². The number of hydrogen-bond donors (Lipinski definition) is 0. The molecule has 0 aliphatic carbocycles. The third-order valence-corrected chi connectivity index (χ3v) is 3.57. The van der Waals surface area contributed by atoms with Crippen LogP contribution in [0.25, 0.3) is 0 Å². The Balaban J connectivity index is -0.000000319. The maximum Gasteiger partial charge on any atom is 0.209 e. The zero-order valence-electron chi connectivity index (χ0n) is 17.5. The first-order chi connectivity index (χ1) is 12.7. The van der Waals surface area contributed by atoms with E-state index in [-0.39, 0.29) is 6.67 Å². The van der Waals surface area contributed by atoms with Crippen LogP contribution in [-0.2, 0) is 4.79 Å². The highest BCUT2D eigenvalue weighted by Crippen LogP contribution is 2.19. The van der Waals surface area contributed by atoms with Crippen LogP contribution in [0.1, 0.15) is 52.5 Å². The van der Waals surface area contributed by atoms with Crippen LogP contribution >= 0.6 is 0 Å². The van der Waals surface area contributed by atoms with Crippen LogP contribution in [0.2, 0.25) is 0 Å². The lowest BCUT2D eigenvalue weighted by Gasteiger charge is -2.28. The van der Waals surface area contributed by atoms with Gasteiger partial charge < -0.3 is 9.64 Å². The fourth-order valence-corrected chi connectivity index (χ4v) is 2.18. The minimum Gasteiger partial charge on any atom is -0.497 e. The van der Waals surface area contributed by atoms with E-state index in [2.05, 4.69) is 19.8 Å². The summed E-state index contributed by atoms with van der Waals surface area (Å²) < 4.78 is 16.8. The second kappa shape index (κ2) is 23.0. The maximum atomic E-state index is 11.9. The molecule has 0 spiro atoms. The molecule has 1 amide bonds. The Labute approximate surface area is 160 Å². The van der Waals surface area contributed by atoms with E-state index in [0.717, 1.165) is 38.1 Å². The number of rotatable bonds is 4. The van der Waals surface area contributed by atoms with Crippen molar-refractivity contribution in [3.8, 4) is 18.6 Å². The zero-order chi connectivity index (χ0) is 20.8. The number of carbonyl (C=O) groups is 1. The molecule has 150 valence electrons. The monoisotopic (exact) mass is 367 g/mol. The van der Waals surface area contributed by atoms with E-state index in [9.17, 15) is 9.18 Å². The van der Waals surface area contributed by atoms with Crippen molar-refractivity contribution in [3.05, 3.63) is 29.8 Å². The minimum atomic E-state index is -0.217. The molecule has 1 fully saturated rings. The van der Waals surface area contributed by atoms with Crippen LogP contribution < -0.4 is 4.74 Å². The largest absolute Gasteiger partial charge is 0.497 e. The number of carbonyl (C=O) groups excluding carboxylic acids is 1. The number of terminal acetylenes is 1. The highest BCUT2D eigenvalue weighted by atomic mass is 19.1. The summed E-state index contributed by atoms with van der Waals surface area (Å²) in [5.74, 6) is 1.43. The highest BCUT2D eigenvalue weighted by molar-refractivity contribution is 5.47. The Bertz CT molecular complexity index is 410. The lowest BCUT2D eigenvalue weighted by molar-refractivity contribution is -0.119. The summed E-state index contributed by atoms with van der Waals surface area (Å²) in [4.78, 5) is 12.0. The van der Waals surface area contributed by atoms with Gasteiger partial charge in [0.05, 0.1) is 13.8 Å². The maximum absolute atomic E-state index is 11.9. The van der Waals surface area contributed by atoms with Gasteiger partial charge in [0.1, 0.15) is 5.75 Å². The number of nitrogens with zero attached hydrogens (tertiary/aromatic N) is 1. The lowest BCUT2D eigenvalue weighted by atomic mass is 9.94. The molecule has 0 bridgehead atoms. The first-order valence-electron chi connectivity index (χ1n) is 9.39.